The Morgan fingerprint density at radius 3 is 2.36 bits per heavy atom. The Morgan fingerprint density at radius 1 is 1.06 bits per heavy atom. The monoisotopic (exact) mass is 478 g/mol. The summed E-state index contributed by atoms with van der Waals surface area (Å²) in [5.74, 6) is 1.59. The van der Waals surface area contributed by atoms with Crippen molar-refractivity contribution in [1.29, 1.82) is 0 Å². The molecule has 33 heavy (non-hydrogen) atoms. The van der Waals surface area contributed by atoms with Gasteiger partial charge in [0.1, 0.15) is 17.2 Å². The molecule has 0 saturated carbocycles. The molecule has 1 aliphatic rings. The Kier molecular flexibility index (Phi) is 8.93. The van der Waals surface area contributed by atoms with E-state index in [1.165, 1.54) is 29.6 Å². The van der Waals surface area contributed by atoms with Crippen LogP contribution >= 0.6 is 0 Å². The molecule has 3 rings (SSSR count). The third-order valence-electron chi connectivity index (χ3n) is 5.00. The second kappa shape index (κ2) is 11.9. The molecular formula is C23H30N2O7S. The predicted molar refractivity (Wildman–Crippen MR) is 124 cm³/mol. The number of hydrogen-bond donors (Lipinski definition) is 1. The second-order valence-corrected chi connectivity index (χ2v) is 9.22. The number of sulfonamides is 1. The summed E-state index contributed by atoms with van der Waals surface area (Å²) in [7, 11) is -2.22. The number of carbonyl (C=O) groups excluding carboxylic acids is 1. The van der Waals surface area contributed by atoms with Gasteiger partial charge in [-0.2, -0.15) is 4.31 Å². The lowest BCUT2D eigenvalue weighted by atomic mass is 10.2. The lowest BCUT2D eigenvalue weighted by Crippen LogP contribution is -2.40. The molecule has 0 spiro atoms. The van der Waals surface area contributed by atoms with Gasteiger partial charge in [-0.15, -0.1) is 0 Å². The number of nitrogens with one attached hydrogen (secondary N) is 1. The summed E-state index contributed by atoms with van der Waals surface area (Å²) < 4.78 is 48.8. The minimum absolute atomic E-state index is 0.0966. The molecule has 0 aromatic heterocycles. The molecule has 1 heterocycles. The topological polar surface area (TPSA) is 103 Å². The van der Waals surface area contributed by atoms with Crippen LogP contribution in [0.1, 0.15) is 19.8 Å². The lowest BCUT2D eigenvalue weighted by molar-refractivity contribution is -0.116. The van der Waals surface area contributed by atoms with Crippen molar-refractivity contribution in [2.75, 3.05) is 51.9 Å². The smallest absolute Gasteiger partial charge is 0.243 e. The molecule has 9 nitrogen and oxygen atoms in total. The van der Waals surface area contributed by atoms with E-state index in [0.29, 0.717) is 63.1 Å². The standard InChI is InChI=1S/C23H30N2O7S/c1-3-31-18-6-8-19(9-7-18)32-14-4-5-23(26)24-21-17-20(10-11-22(21)29-2)33(27,28)25-12-15-30-16-13-25/h6-11,17H,3-5,12-16H2,1-2H3,(H,24,26). The lowest BCUT2D eigenvalue weighted by Gasteiger charge is -2.26. The molecule has 1 amide bonds. The van der Waals surface area contributed by atoms with Crippen molar-refractivity contribution in [3.05, 3.63) is 42.5 Å². The van der Waals surface area contributed by atoms with E-state index in [-0.39, 0.29) is 17.2 Å². The highest BCUT2D eigenvalue weighted by atomic mass is 32.2. The van der Waals surface area contributed by atoms with Crippen molar-refractivity contribution in [1.82, 2.24) is 4.31 Å². The van der Waals surface area contributed by atoms with Crippen molar-refractivity contribution in [3.63, 3.8) is 0 Å². The van der Waals surface area contributed by atoms with E-state index in [1.54, 1.807) is 0 Å². The number of nitrogens with zero attached hydrogens (tertiary/aromatic N) is 1. The van der Waals surface area contributed by atoms with Crippen LogP contribution < -0.4 is 19.5 Å². The summed E-state index contributed by atoms with van der Waals surface area (Å²) in [5, 5.41) is 2.75. The maximum Gasteiger partial charge on any atom is 0.243 e. The van der Waals surface area contributed by atoms with Crippen LogP contribution in [0.3, 0.4) is 0 Å². The normalized spacial score (nSPS) is 14.5. The molecule has 180 valence electrons. The molecule has 0 aliphatic carbocycles. The summed E-state index contributed by atoms with van der Waals surface area (Å²) in [5.41, 5.74) is 0.310. The fourth-order valence-corrected chi connectivity index (χ4v) is 4.75. The van der Waals surface area contributed by atoms with E-state index in [2.05, 4.69) is 5.32 Å². The molecule has 0 atom stereocenters. The molecule has 2 aromatic rings. The highest BCUT2D eigenvalue weighted by molar-refractivity contribution is 7.89. The first-order valence-electron chi connectivity index (χ1n) is 10.9. The summed E-state index contributed by atoms with van der Waals surface area (Å²) >= 11 is 0. The van der Waals surface area contributed by atoms with Crippen LogP contribution in [-0.4, -0.2) is 65.3 Å². The Morgan fingerprint density at radius 2 is 1.73 bits per heavy atom. The molecule has 2 aromatic carbocycles. The number of methoxy groups -OCH3 is 1. The van der Waals surface area contributed by atoms with Gasteiger partial charge in [-0.25, -0.2) is 8.42 Å². The maximum absolute atomic E-state index is 12.9. The van der Waals surface area contributed by atoms with E-state index in [9.17, 15) is 13.2 Å². The number of ether oxygens (including phenoxy) is 4. The maximum atomic E-state index is 12.9. The number of morpholine rings is 1. The number of hydrogen-bond acceptors (Lipinski definition) is 7. The molecule has 0 bridgehead atoms. The Balaban J connectivity index is 1.55. The number of benzene rings is 2. The van der Waals surface area contributed by atoms with Gasteiger partial charge in [-0.05, 0) is 55.8 Å². The van der Waals surface area contributed by atoms with Crippen molar-refractivity contribution in [2.45, 2.75) is 24.7 Å². The molecule has 0 radical (unpaired) electrons. The minimum Gasteiger partial charge on any atom is -0.495 e. The van der Waals surface area contributed by atoms with Crippen LogP contribution in [0.2, 0.25) is 0 Å². The van der Waals surface area contributed by atoms with Gasteiger partial charge < -0.3 is 24.3 Å². The molecule has 1 N–H and O–H groups in total. The fourth-order valence-electron chi connectivity index (χ4n) is 3.32. The van der Waals surface area contributed by atoms with E-state index in [0.717, 1.165) is 5.75 Å². The van der Waals surface area contributed by atoms with Crippen LogP contribution in [0, 0.1) is 0 Å². The van der Waals surface area contributed by atoms with E-state index in [4.69, 9.17) is 18.9 Å². The molecule has 0 unspecified atom stereocenters. The third-order valence-corrected chi connectivity index (χ3v) is 6.90. The Hall–Kier alpha value is -2.82. The summed E-state index contributed by atoms with van der Waals surface area (Å²) in [6.07, 6.45) is 0.702. The van der Waals surface area contributed by atoms with Crippen LogP contribution in [0.25, 0.3) is 0 Å². The molecule has 1 aliphatic heterocycles. The molecular weight excluding hydrogens is 448 g/mol. The molecule has 1 fully saturated rings. The number of carbonyl (C=O) groups is 1. The first-order valence-corrected chi connectivity index (χ1v) is 12.3. The van der Waals surface area contributed by atoms with Gasteiger partial charge in [-0.3, -0.25) is 4.79 Å². The fraction of sp³-hybridized carbons (Fsp3) is 0.435. The number of amides is 1. The van der Waals surface area contributed by atoms with Crippen molar-refractivity contribution < 1.29 is 32.2 Å². The van der Waals surface area contributed by atoms with E-state index in [1.807, 2.05) is 31.2 Å². The summed E-state index contributed by atoms with van der Waals surface area (Å²) in [6, 6.07) is 11.7. The van der Waals surface area contributed by atoms with Crippen molar-refractivity contribution in [3.8, 4) is 17.2 Å². The molecule has 1 saturated heterocycles. The Bertz CT molecular complexity index is 1020. The van der Waals surface area contributed by atoms with Crippen molar-refractivity contribution in [2.24, 2.45) is 0 Å². The average molecular weight is 479 g/mol. The highest BCUT2D eigenvalue weighted by Crippen LogP contribution is 2.29. The number of rotatable bonds is 11. The third kappa shape index (κ3) is 6.83. The first-order chi connectivity index (χ1) is 15.9. The van der Waals surface area contributed by atoms with Crippen LogP contribution in [0.15, 0.2) is 47.4 Å². The number of anilines is 1. The first kappa shape index (κ1) is 24.8. The van der Waals surface area contributed by atoms with E-state index < -0.39 is 10.0 Å². The molecule has 10 heteroatoms. The SMILES string of the molecule is CCOc1ccc(OCCCC(=O)Nc2cc(S(=O)(=O)N3CCOCC3)ccc2OC)cc1. The van der Waals surface area contributed by atoms with Crippen molar-refractivity contribution >= 4 is 21.6 Å². The van der Waals surface area contributed by atoms with Gasteiger partial charge in [0.2, 0.25) is 15.9 Å². The summed E-state index contributed by atoms with van der Waals surface area (Å²) in [6.45, 7) is 4.20. The quantitative estimate of drug-likeness (QED) is 0.495. The van der Waals surface area contributed by atoms with Crippen LogP contribution in [0.5, 0.6) is 17.2 Å². The minimum atomic E-state index is -3.69. The second-order valence-electron chi connectivity index (χ2n) is 7.28. The van der Waals surface area contributed by atoms with Gasteiger partial charge in [0, 0.05) is 19.5 Å². The van der Waals surface area contributed by atoms with E-state index >= 15 is 0 Å². The summed E-state index contributed by atoms with van der Waals surface area (Å²) in [4.78, 5) is 12.6. The largest absolute Gasteiger partial charge is 0.495 e. The van der Waals surface area contributed by atoms with Crippen LogP contribution in [-0.2, 0) is 19.6 Å². The Labute approximate surface area is 194 Å². The van der Waals surface area contributed by atoms with Gasteiger partial charge in [0.25, 0.3) is 0 Å². The zero-order chi connectivity index (χ0) is 23.7. The van der Waals surface area contributed by atoms with Gasteiger partial charge in [-0.1, -0.05) is 0 Å². The average Bonchev–Trinajstić information content (AvgIpc) is 2.83. The van der Waals surface area contributed by atoms with Gasteiger partial charge in [0.05, 0.1) is 44.1 Å². The van der Waals surface area contributed by atoms with Crippen LogP contribution in [0.4, 0.5) is 5.69 Å². The zero-order valence-corrected chi connectivity index (χ0v) is 19.7. The van der Waals surface area contributed by atoms with Gasteiger partial charge in [0.15, 0.2) is 0 Å². The zero-order valence-electron chi connectivity index (χ0n) is 18.9. The van der Waals surface area contributed by atoms with Gasteiger partial charge >= 0.3 is 0 Å². The highest BCUT2D eigenvalue weighted by Gasteiger charge is 2.27. The predicted octanol–water partition coefficient (Wildman–Crippen LogP) is 2.91.